The number of phenolic OH excluding ortho intramolecular Hbond substituents is 1. The number of amides is 1. The lowest BCUT2D eigenvalue weighted by atomic mass is 9.52. The van der Waals surface area contributed by atoms with Gasteiger partial charge >= 0.3 is 0 Å². The Morgan fingerprint density at radius 2 is 1.78 bits per heavy atom. The number of carbonyl (C=O) groups is 4. The minimum absolute atomic E-state index is 0.0382. The number of hydrogen-bond acceptors (Lipinski definition) is 9. The van der Waals surface area contributed by atoms with E-state index in [0.29, 0.717) is 5.56 Å². The largest absolute Gasteiger partial charge is 0.507 e. The third kappa shape index (κ3) is 2.51. The summed E-state index contributed by atoms with van der Waals surface area (Å²) in [5.74, 6) is -11.2. The van der Waals surface area contributed by atoms with Crippen LogP contribution in [0, 0.1) is 17.8 Å². The molecule has 0 spiro atoms. The fourth-order valence-corrected chi connectivity index (χ4v) is 5.72. The van der Waals surface area contributed by atoms with Gasteiger partial charge in [-0.05, 0) is 31.6 Å². The topological polar surface area (TPSA) is 178 Å². The smallest absolute Gasteiger partial charge is 0.235 e. The molecule has 1 aromatic rings. The normalized spacial score (nSPS) is 36.6. The van der Waals surface area contributed by atoms with Gasteiger partial charge in [-0.2, -0.15) is 0 Å². The average molecular weight is 444 g/mol. The number of ketones is 3. The molecule has 0 aliphatic heterocycles. The van der Waals surface area contributed by atoms with Gasteiger partial charge in [0, 0.05) is 11.5 Å². The van der Waals surface area contributed by atoms with Crippen LogP contribution < -0.4 is 5.73 Å². The molecule has 0 heterocycles. The second-order valence-electron chi connectivity index (χ2n) is 8.94. The Morgan fingerprint density at radius 3 is 2.34 bits per heavy atom. The molecule has 4 rings (SSSR count). The van der Waals surface area contributed by atoms with Gasteiger partial charge in [-0.3, -0.25) is 24.1 Å². The van der Waals surface area contributed by atoms with Crippen molar-refractivity contribution < 1.29 is 39.6 Å². The molecule has 1 aromatic carbocycles. The number of likely N-dealkylation sites (N-methyl/N-ethyl adjacent to an activating group) is 1. The van der Waals surface area contributed by atoms with Gasteiger partial charge in [-0.15, -0.1) is 0 Å². The number of nitrogens with zero attached hydrogens (tertiary/aromatic N) is 1. The highest BCUT2D eigenvalue weighted by molar-refractivity contribution is 6.32. The monoisotopic (exact) mass is 444 g/mol. The van der Waals surface area contributed by atoms with Crippen LogP contribution in [-0.4, -0.2) is 80.4 Å². The molecule has 170 valence electrons. The van der Waals surface area contributed by atoms with E-state index in [1.807, 2.05) is 0 Å². The number of carbonyl (C=O) groups excluding carboxylic acids is 4. The highest BCUT2D eigenvalue weighted by atomic mass is 16.3. The van der Waals surface area contributed by atoms with E-state index in [4.69, 9.17) is 5.73 Å². The number of Topliss-reactive ketones (excluding diaryl/α,β-unsaturated/α-hetero) is 3. The molecule has 3 aliphatic rings. The van der Waals surface area contributed by atoms with Crippen LogP contribution in [0.15, 0.2) is 23.8 Å². The zero-order valence-corrected chi connectivity index (χ0v) is 17.6. The third-order valence-electron chi connectivity index (χ3n) is 7.13. The number of aromatic hydroxyl groups is 1. The maximum absolute atomic E-state index is 13.6. The maximum atomic E-state index is 13.6. The molecule has 10 heteroatoms. The summed E-state index contributed by atoms with van der Waals surface area (Å²) in [6.07, 6.45) is -1.62. The van der Waals surface area contributed by atoms with Gasteiger partial charge in [-0.1, -0.05) is 19.1 Å². The van der Waals surface area contributed by atoms with Crippen molar-refractivity contribution in [3.63, 3.8) is 0 Å². The summed E-state index contributed by atoms with van der Waals surface area (Å²) >= 11 is 0. The lowest BCUT2D eigenvalue weighted by Crippen LogP contribution is -2.75. The summed E-state index contributed by atoms with van der Waals surface area (Å²) in [6, 6.07) is 3.11. The number of aliphatic hydroxyl groups excluding tert-OH is 2. The number of fused-ring (bicyclic) bond motifs is 3. The van der Waals surface area contributed by atoms with Gasteiger partial charge in [0.1, 0.15) is 11.5 Å². The SMILES string of the molecule is C[C@@H]1c2cccc(O)c2C(O)=C2C(=O)[C@]3(O)C(=O)[C@H](C(N)=O)C(=O)[C@H](N(C)C)[C@@H]3[C@H](O)[C@@H]21. The molecule has 2 saturated carbocycles. The van der Waals surface area contributed by atoms with Gasteiger partial charge in [0.15, 0.2) is 23.1 Å². The first-order valence-electron chi connectivity index (χ1n) is 10.1. The molecule has 0 saturated heterocycles. The average Bonchev–Trinajstić information content (AvgIpc) is 2.70. The third-order valence-corrected chi connectivity index (χ3v) is 7.13. The van der Waals surface area contributed by atoms with Crippen LogP contribution in [-0.2, 0) is 19.2 Å². The Labute approximate surface area is 182 Å². The van der Waals surface area contributed by atoms with Gasteiger partial charge in [0.2, 0.25) is 11.7 Å². The lowest BCUT2D eigenvalue weighted by Gasteiger charge is -2.54. The zero-order valence-electron chi connectivity index (χ0n) is 17.6. The summed E-state index contributed by atoms with van der Waals surface area (Å²) in [5, 5.41) is 44.1. The van der Waals surface area contributed by atoms with E-state index in [0.717, 1.165) is 0 Å². The van der Waals surface area contributed by atoms with Gasteiger partial charge in [0.25, 0.3) is 0 Å². The number of aliphatic hydroxyl groups is 3. The Kier molecular flexibility index (Phi) is 4.81. The highest BCUT2D eigenvalue weighted by Gasteiger charge is 2.71. The summed E-state index contributed by atoms with van der Waals surface area (Å²) in [4.78, 5) is 53.1. The van der Waals surface area contributed by atoms with Crippen molar-refractivity contribution in [1.82, 2.24) is 4.90 Å². The molecule has 7 atom stereocenters. The van der Waals surface area contributed by atoms with E-state index in [2.05, 4.69) is 0 Å². The van der Waals surface area contributed by atoms with Crippen LogP contribution in [0.3, 0.4) is 0 Å². The van der Waals surface area contributed by atoms with Crippen molar-refractivity contribution in [3.8, 4) is 5.75 Å². The van der Waals surface area contributed by atoms with E-state index in [-0.39, 0.29) is 11.3 Å². The molecule has 10 nitrogen and oxygen atoms in total. The van der Waals surface area contributed by atoms with E-state index >= 15 is 0 Å². The predicted molar refractivity (Wildman–Crippen MR) is 109 cm³/mol. The van der Waals surface area contributed by atoms with E-state index in [1.165, 1.54) is 25.1 Å². The summed E-state index contributed by atoms with van der Waals surface area (Å²) in [6.45, 7) is 1.67. The van der Waals surface area contributed by atoms with Crippen LogP contribution in [0.5, 0.6) is 5.75 Å². The number of hydrogen-bond donors (Lipinski definition) is 5. The van der Waals surface area contributed by atoms with Gasteiger partial charge in [-0.25, -0.2) is 0 Å². The van der Waals surface area contributed by atoms with Gasteiger partial charge < -0.3 is 26.2 Å². The van der Waals surface area contributed by atoms with E-state index in [1.54, 1.807) is 19.1 Å². The van der Waals surface area contributed by atoms with E-state index in [9.17, 15) is 39.6 Å². The van der Waals surface area contributed by atoms with Crippen LogP contribution in [0.1, 0.15) is 24.0 Å². The molecule has 6 N–H and O–H groups in total. The molecule has 0 bridgehead atoms. The van der Waals surface area contributed by atoms with Crippen molar-refractivity contribution in [1.29, 1.82) is 0 Å². The first-order chi connectivity index (χ1) is 14.9. The number of rotatable bonds is 2. The first kappa shape index (κ1) is 22.1. The molecular formula is C22H24N2O8. The second-order valence-corrected chi connectivity index (χ2v) is 8.94. The Bertz CT molecular complexity index is 1110. The quantitative estimate of drug-likeness (QED) is 0.353. The van der Waals surface area contributed by atoms with Crippen molar-refractivity contribution >= 4 is 29.0 Å². The highest BCUT2D eigenvalue weighted by Crippen LogP contribution is 2.55. The standard InChI is InChI=1S/C22H24N2O8/c1-7-8-5-4-6-9(25)11(8)16(26)12-10(7)17(27)14-15(24(2)3)18(28)13(21(23)31)20(30)22(14,32)19(12)29/h4-7,10,13-15,17,25-27,32H,1-3H3,(H2,23,31)/t7-,10-,13-,14-,15-,17-,22+/m1/s1. The van der Waals surface area contributed by atoms with Crippen molar-refractivity contribution in [2.45, 2.75) is 30.6 Å². The van der Waals surface area contributed by atoms with Crippen LogP contribution in [0.2, 0.25) is 0 Å². The summed E-state index contributed by atoms with van der Waals surface area (Å²) in [7, 11) is 2.91. The van der Waals surface area contributed by atoms with Crippen LogP contribution >= 0.6 is 0 Å². The molecule has 1 amide bonds. The zero-order chi connectivity index (χ0) is 23.9. The first-order valence-corrected chi connectivity index (χ1v) is 10.1. The minimum atomic E-state index is -2.97. The fourth-order valence-electron chi connectivity index (χ4n) is 5.72. The Hall–Kier alpha value is -3.08. The Balaban J connectivity index is 2.02. The lowest BCUT2D eigenvalue weighted by molar-refractivity contribution is -0.187. The van der Waals surface area contributed by atoms with Crippen molar-refractivity contribution in [3.05, 3.63) is 34.9 Å². The number of nitrogens with two attached hydrogens (primary N) is 1. The van der Waals surface area contributed by atoms with Crippen LogP contribution in [0.25, 0.3) is 5.76 Å². The molecule has 2 fully saturated rings. The Morgan fingerprint density at radius 1 is 1.16 bits per heavy atom. The summed E-state index contributed by atoms with van der Waals surface area (Å²) in [5.41, 5.74) is 2.28. The molecule has 0 radical (unpaired) electrons. The number of benzene rings is 1. The van der Waals surface area contributed by atoms with E-state index < -0.39 is 76.0 Å². The summed E-state index contributed by atoms with van der Waals surface area (Å²) < 4.78 is 0. The number of phenols is 1. The molecule has 0 aromatic heterocycles. The maximum Gasteiger partial charge on any atom is 0.235 e. The van der Waals surface area contributed by atoms with Crippen molar-refractivity contribution in [2.75, 3.05) is 14.1 Å². The number of primary amides is 1. The minimum Gasteiger partial charge on any atom is -0.507 e. The molecular weight excluding hydrogens is 420 g/mol. The molecule has 32 heavy (non-hydrogen) atoms. The van der Waals surface area contributed by atoms with Gasteiger partial charge in [0.05, 0.1) is 23.6 Å². The van der Waals surface area contributed by atoms with Crippen LogP contribution in [0.4, 0.5) is 0 Å². The second kappa shape index (κ2) is 6.96. The predicted octanol–water partition coefficient (Wildman–Crippen LogP) is -1.13. The molecule has 3 aliphatic carbocycles. The van der Waals surface area contributed by atoms with Crippen molar-refractivity contribution in [2.24, 2.45) is 23.5 Å². The molecule has 0 unspecified atom stereocenters. The fraction of sp³-hybridized carbons (Fsp3) is 0.455.